The minimum absolute atomic E-state index is 0.517. The molecule has 0 amide bonds. The maximum Gasteiger partial charge on any atom is 0.202 e. The van der Waals surface area contributed by atoms with E-state index in [0.717, 1.165) is 13.0 Å². The van der Waals surface area contributed by atoms with Crippen LogP contribution >= 0.6 is 11.6 Å². The van der Waals surface area contributed by atoms with Gasteiger partial charge in [0.05, 0.1) is 0 Å². The fourth-order valence-electron chi connectivity index (χ4n) is 2.08. The summed E-state index contributed by atoms with van der Waals surface area (Å²) < 4.78 is 2.05. The highest BCUT2D eigenvalue weighted by molar-refractivity contribution is 6.28. The van der Waals surface area contributed by atoms with E-state index in [1.54, 1.807) is 6.20 Å². The van der Waals surface area contributed by atoms with Gasteiger partial charge in [0.2, 0.25) is 5.28 Å². The second-order valence-corrected chi connectivity index (χ2v) is 4.01. The Morgan fingerprint density at radius 2 is 2.46 bits per heavy atom. The zero-order valence-corrected chi connectivity index (χ0v) is 8.24. The second-order valence-electron chi connectivity index (χ2n) is 3.67. The van der Waals surface area contributed by atoms with Crippen LogP contribution in [0.4, 0.5) is 0 Å². The Kier molecular flexibility index (Phi) is 2.56. The van der Waals surface area contributed by atoms with Crippen LogP contribution in [0.5, 0.6) is 0 Å². The highest BCUT2D eigenvalue weighted by atomic mass is 35.5. The van der Waals surface area contributed by atoms with Crippen LogP contribution in [0.3, 0.4) is 0 Å². The molecule has 13 heavy (non-hydrogen) atoms. The average Bonchev–Trinajstić information content (AvgIpc) is 2.71. The molecule has 2 rings (SSSR count). The first-order valence-corrected chi connectivity index (χ1v) is 5.07. The summed E-state index contributed by atoms with van der Waals surface area (Å²) in [6.45, 7) is 0.794. The minimum Gasteiger partial charge on any atom is -0.330 e. The van der Waals surface area contributed by atoms with Crippen molar-refractivity contribution in [2.45, 2.75) is 25.3 Å². The van der Waals surface area contributed by atoms with Gasteiger partial charge in [-0.25, -0.2) is 4.98 Å². The lowest BCUT2D eigenvalue weighted by atomic mass is 10.1. The summed E-state index contributed by atoms with van der Waals surface area (Å²) in [5, 5.41) is 0.600. The molecule has 1 fully saturated rings. The fraction of sp³-hybridized carbons (Fsp3) is 0.667. The number of rotatable bonds is 2. The molecule has 1 aromatic rings. The van der Waals surface area contributed by atoms with Crippen molar-refractivity contribution >= 4 is 11.6 Å². The van der Waals surface area contributed by atoms with Crippen LogP contribution in [-0.2, 0) is 0 Å². The van der Waals surface area contributed by atoms with Gasteiger partial charge in [-0.15, -0.1) is 0 Å². The molecule has 1 aromatic heterocycles. The Morgan fingerprint density at radius 3 is 3.00 bits per heavy atom. The van der Waals surface area contributed by atoms with Crippen LogP contribution in [0.1, 0.15) is 25.3 Å². The lowest BCUT2D eigenvalue weighted by Crippen LogP contribution is -2.12. The Bertz CT molecular complexity index is 284. The minimum atomic E-state index is 0.517. The van der Waals surface area contributed by atoms with E-state index in [0.29, 0.717) is 17.2 Å². The normalized spacial score (nSPS) is 28.2. The zero-order chi connectivity index (χ0) is 9.26. The number of halogens is 1. The van der Waals surface area contributed by atoms with E-state index in [9.17, 15) is 0 Å². The van der Waals surface area contributed by atoms with Gasteiger partial charge in [0.15, 0.2) is 0 Å². The summed E-state index contributed by atoms with van der Waals surface area (Å²) >= 11 is 5.93. The summed E-state index contributed by atoms with van der Waals surface area (Å²) in [5.74, 6) is 0.670. The molecule has 1 aliphatic rings. The smallest absolute Gasteiger partial charge is 0.202 e. The molecular formula is C9H14ClN3. The van der Waals surface area contributed by atoms with Crippen LogP contribution in [0.25, 0.3) is 0 Å². The Labute approximate surface area is 82.9 Å². The summed E-state index contributed by atoms with van der Waals surface area (Å²) in [5.41, 5.74) is 5.63. The second kappa shape index (κ2) is 3.68. The van der Waals surface area contributed by atoms with Crippen molar-refractivity contribution in [3.63, 3.8) is 0 Å². The van der Waals surface area contributed by atoms with Crippen molar-refractivity contribution in [2.24, 2.45) is 11.7 Å². The molecule has 2 atom stereocenters. The zero-order valence-electron chi connectivity index (χ0n) is 7.49. The first-order chi connectivity index (χ1) is 6.31. The predicted molar refractivity (Wildman–Crippen MR) is 52.7 cm³/mol. The first kappa shape index (κ1) is 9.03. The number of nitrogens with zero attached hydrogens (tertiary/aromatic N) is 2. The molecule has 3 nitrogen and oxygen atoms in total. The number of aromatic nitrogens is 2. The van der Waals surface area contributed by atoms with E-state index < -0.39 is 0 Å². The molecule has 0 radical (unpaired) electrons. The summed E-state index contributed by atoms with van der Waals surface area (Å²) in [4.78, 5) is 4.01. The maximum absolute atomic E-state index is 5.93. The van der Waals surface area contributed by atoms with Gasteiger partial charge in [0, 0.05) is 18.4 Å². The third-order valence-electron chi connectivity index (χ3n) is 2.86. The average molecular weight is 200 g/mol. The van der Waals surface area contributed by atoms with Gasteiger partial charge >= 0.3 is 0 Å². The predicted octanol–water partition coefficient (Wildman–Crippen LogP) is 1.84. The molecule has 0 bridgehead atoms. The van der Waals surface area contributed by atoms with E-state index in [4.69, 9.17) is 17.3 Å². The van der Waals surface area contributed by atoms with Crippen molar-refractivity contribution < 1.29 is 0 Å². The molecule has 2 unspecified atom stereocenters. The Hall–Kier alpha value is -0.540. The van der Waals surface area contributed by atoms with Crippen molar-refractivity contribution in [3.8, 4) is 0 Å². The van der Waals surface area contributed by atoms with E-state index in [1.165, 1.54) is 12.8 Å². The fourth-order valence-corrected chi connectivity index (χ4v) is 2.33. The van der Waals surface area contributed by atoms with E-state index in [-0.39, 0.29) is 0 Å². The summed E-state index contributed by atoms with van der Waals surface area (Å²) in [7, 11) is 0. The van der Waals surface area contributed by atoms with Gasteiger partial charge < -0.3 is 10.3 Å². The molecule has 0 aliphatic heterocycles. The summed E-state index contributed by atoms with van der Waals surface area (Å²) in [6, 6.07) is 0.517. The van der Waals surface area contributed by atoms with Gasteiger partial charge in [0.25, 0.3) is 0 Å². The van der Waals surface area contributed by atoms with Crippen molar-refractivity contribution in [2.75, 3.05) is 6.54 Å². The lowest BCUT2D eigenvalue weighted by molar-refractivity contribution is 0.481. The Balaban J connectivity index is 2.08. The van der Waals surface area contributed by atoms with E-state index >= 15 is 0 Å². The largest absolute Gasteiger partial charge is 0.330 e. The molecule has 2 N–H and O–H groups in total. The van der Waals surface area contributed by atoms with Crippen molar-refractivity contribution in [1.29, 1.82) is 0 Å². The molecule has 0 saturated heterocycles. The topological polar surface area (TPSA) is 43.8 Å². The highest BCUT2D eigenvalue weighted by Gasteiger charge is 2.25. The van der Waals surface area contributed by atoms with E-state index in [1.807, 2.05) is 6.20 Å². The van der Waals surface area contributed by atoms with Crippen LogP contribution in [-0.4, -0.2) is 16.1 Å². The van der Waals surface area contributed by atoms with Gasteiger partial charge in [-0.3, -0.25) is 0 Å². The monoisotopic (exact) mass is 199 g/mol. The molecule has 0 spiro atoms. The quantitative estimate of drug-likeness (QED) is 0.790. The first-order valence-electron chi connectivity index (χ1n) is 4.69. The van der Waals surface area contributed by atoms with Gasteiger partial charge in [-0.1, -0.05) is 0 Å². The number of hydrogen-bond acceptors (Lipinski definition) is 2. The molecule has 1 aliphatic carbocycles. The SMILES string of the molecule is NCC1CCC(n2ccnc2Cl)C1. The molecule has 72 valence electrons. The van der Waals surface area contributed by atoms with Crippen molar-refractivity contribution in [3.05, 3.63) is 17.7 Å². The molecule has 1 heterocycles. The molecule has 4 heteroatoms. The number of hydrogen-bond donors (Lipinski definition) is 1. The molecule has 0 aromatic carbocycles. The van der Waals surface area contributed by atoms with Crippen LogP contribution in [0.15, 0.2) is 12.4 Å². The van der Waals surface area contributed by atoms with Gasteiger partial charge in [-0.05, 0) is 43.3 Å². The maximum atomic E-state index is 5.93. The van der Waals surface area contributed by atoms with E-state index in [2.05, 4.69) is 9.55 Å². The van der Waals surface area contributed by atoms with Crippen LogP contribution in [0, 0.1) is 5.92 Å². The number of imidazole rings is 1. The van der Waals surface area contributed by atoms with Crippen LogP contribution < -0.4 is 5.73 Å². The lowest BCUT2D eigenvalue weighted by Gasteiger charge is -2.12. The van der Waals surface area contributed by atoms with Gasteiger partial charge in [0.1, 0.15) is 0 Å². The standard InChI is InChI=1S/C9H14ClN3/c10-9-12-3-4-13(9)8-2-1-7(5-8)6-11/h3-4,7-8H,1-2,5-6,11H2. The molecular weight excluding hydrogens is 186 g/mol. The molecule has 1 saturated carbocycles. The number of nitrogens with two attached hydrogens (primary N) is 1. The highest BCUT2D eigenvalue weighted by Crippen LogP contribution is 2.35. The third kappa shape index (κ3) is 1.71. The van der Waals surface area contributed by atoms with Crippen molar-refractivity contribution in [1.82, 2.24) is 9.55 Å². The summed E-state index contributed by atoms with van der Waals surface area (Å²) in [6.07, 6.45) is 7.24. The van der Waals surface area contributed by atoms with Gasteiger partial charge in [-0.2, -0.15) is 0 Å². The third-order valence-corrected chi connectivity index (χ3v) is 3.15. The van der Waals surface area contributed by atoms with Crippen LogP contribution in [0.2, 0.25) is 5.28 Å². The Morgan fingerprint density at radius 1 is 1.62 bits per heavy atom.